The average molecular weight is 190 g/mol. The highest BCUT2D eigenvalue weighted by Gasteiger charge is 2.05. The van der Waals surface area contributed by atoms with E-state index in [4.69, 9.17) is 0 Å². The summed E-state index contributed by atoms with van der Waals surface area (Å²) >= 11 is 0. The molecular weight excluding hydrogens is 180 g/mol. The molecule has 0 unspecified atom stereocenters. The number of hydrogen-bond donors (Lipinski definition) is 2. The molecule has 0 atom stereocenters. The largest absolute Gasteiger partial charge is 0.493 e. The quantitative estimate of drug-likeness (QED) is 0.709. The van der Waals surface area contributed by atoms with Crippen molar-refractivity contribution in [1.29, 1.82) is 0 Å². The van der Waals surface area contributed by atoms with Crippen LogP contribution in [-0.2, 0) is 0 Å². The van der Waals surface area contributed by atoms with E-state index >= 15 is 0 Å². The smallest absolute Gasteiger partial charge is 0.268 e. The zero-order chi connectivity index (χ0) is 10.1. The van der Waals surface area contributed by atoms with E-state index in [1.165, 1.54) is 4.68 Å². The van der Waals surface area contributed by atoms with E-state index in [9.17, 15) is 9.90 Å². The number of benzene rings is 1. The fourth-order valence-electron chi connectivity index (χ4n) is 1.38. The first kappa shape index (κ1) is 8.62. The lowest BCUT2D eigenvalue weighted by molar-refractivity contribution is 0.433. The van der Waals surface area contributed by atoms with Crippen LogP contribution in [0.3, 0.4) is 0 Å². The van der Waals surface area contributed by atoms with Crippen LogP contribution < -0.4 is 5.56 Å². The van der Waals surface area contributed by atoms with E-state index in [0.717, 1.165) is 17.3 Å². The topological polar surface area (TPSA) is 58.0 Å². The first-order valence-electron chi connectivity index (χ1n) is 4.25. The van der Waals surface area contributed by atoms with Gasteiger partial charge in [-0.05, 0) is 18.6 Å². The number of H-pyrrole nitrogens is 1. The molecule has 0 saturated heterocycles. The third kappa shape index (κ3) is 1.31. The highest BCUT2D eigenvalue weighted by molar-refractivity contribution is 5.41. The summed E-state index contributed by atoms with van der Waals surface area (Å²) in [6, 6.07) is 8.63. The molecule has 0 aliphatic rings. The first-order chi connectivity index (χ1) is 6.68. The second-order valence-corrected chi connectivity index (χ2v) is 3.10. The van der Waals surface area contributed by atoms with Crippen molar-refractivity contribution in [1.82, 2.24) is 9.78 Å². The van der Waals surface area contributed by atoms with Crippen LogP contribution in [0.15, 0.2) is 35.1 Å². The molecule has 0 aliphatic heterocycles. The maximum atomic E-state index is 11.0. The Morgan fingerprint density at radius 1 is 1.36 bits per heavy atom. The van der Waals surface area contributed by atoms with Crippen LogP contribution in [0.4, 0.5) is 0 Å². The molecule has 2 N–H and O–H groups in total. The molecule has 4 nitrogen and oxygen atoms in total. The van der Waals surface area contributed by atoms with Crippen molar-refractivity contribution in [2.75, 3.05) is 0 Å². The molecule has 1 heterocycles. The SMILES string of the molecule is Cc1ccccc1-n1[nH]c(=O)cc1O. The Morgan fingerprint density at radius 2 is 2.07 bits per heavy atom. The summed E-state index contributed by atoms with van der Waals surface area (Å²) in [5, 5.41) is 12.0. The maximum absolute atomic E-state index is 11.0. The minimum absolute atomic E-state index is 0.0794. The standard InChI is InChI=1S/C10H10N2O2/c1-7-4-2-3-5-8(7)12-10(14)6-9(13)11-12/h2-6,14H,1H3,(H,11,13). The van der Waals surface area contributed by atoms with Gasteiger partial charge in [-0.15, -0.1) is 0 Å². The number of nitrogens with zero attached hydrogens (tertiary/aromatic N) is 1. The van der Waals surface area contributed by atoms with Gasteiger partial charge in [0.15, 0.2) is 0 Å². The van der Waals surface area contributed by atoms with Gasteiger partial charge in [0, 0.05) is 0 Å². The van der Waals surface area contributed by atoms with Gasteiger partial charge >= 0.3 is 0 Å². The Hall–Kier alpha value is -1.97. The summed E-state index contributed by atoms with van der Waals surface area (Å²) in [4.78, 5) is 11.0. The molecule has 2 rings (SSSR count). The zero-order valence-corrected chi connectivity index (χ0v) is 7.69. The minimum Gasteiger partial charge on any atom is -0.493 e. The molecule has 0 saturated carbocycles. The predicted molar refractivity (Wildman–Crippen MR) is 52.8 cm³/mol. The molecule has 1 aromatic carbocycles. The average Bonchev–Trinajstić information content (AvgIpc) is 2.46. The molecule has 72 valence electrons. The zero-order valence-electron chi connectivity index (χ0n) is 7.69. The molecule has 0 radical (unpaired) electrons. The number of aromatic amines is 1. The van der Waals surface area contributed by atoms with Crippen LogP contribution >= 0.6 is 0 Å². The second-order valence-electron chi connectivity index (χ2n) is 3.10. The molecule has 0 bridgehead atoms. The van der Waals surface area contributed by atoms with Crippen LogP contribution in [0.1, 0.15) is 5.56 Å². The first-order valence-corrected chi connectivity index (χ1v) is 4.25. The van der Waals surface area contributed by atoms with Crippen LogP contribution in [0, 0.1) is 6.92 Å². The van der Waals surface area contributed by atoms with E-state index in [-0.39, 0.29) is 11.4 Å². The number of aromatic nitrogens is 2. The van der Waals surface area contributed by atoms with Gasteiger partial charge in [-0.25, -0.2) is 4.68 Å². The summed E-state index contributed by atoms with van der Waals surface area (Å²) in [5.74, 6) is -0.0794. The van der Waals surface area contributed by atoms with Crippen molar-refractivity contribution in [3.05, 3.63) is 46.2 Å². The summed E-state index contributed by atoms with van der Waals surface area (Å²) in [6.07, 6.45) is 0. The van der Waals surface area contributed by atoms with Gasteiger partial charge in [0.1, 0.15) is 0 Å². The van der Waals surface area contributed by atoms with Crippen molar-refractivity contribution >= 4 is 0 Å². The molecule has 2 aromatic rings. The monoisotopic (exact) mass is 190 g/mol. The van der Waals surface area contributed by atoms with Crippen LogP contribution in [0.5, 0.6) is 5.88 Å². The molecule has 0 spiro atoms. The summed E-state index contributed by atoms with van der Waals surface area (Å²) in [7, 11) is 0. The van der Waals surface area contributed by atoms with Crippen molar-refractivity contribution < 1.29 is 5.11 Å². The van der Waals surface area contributed by atoms with E-state index in [1.807, 2.05) is 31.2 Å². The van der Waals surface area contributed by atoms with Crippen molar-refractivity contribution in [2.45, 2.75) is 6.92 Å². The number of aromatic hydroxyl groups is 1. The van der Waals surface area contributed by atoms with Gasteiger partial charge in [-0.2, -0.15) is 0 Å². The van der Waals surface area contributed by atoms with Crippen molar-refractivity contribution in [3.63, 3.8) is 0 Å². The van der Waals surface area contributed by atoms with E-state index in [2.05, 4.69) is 5.10 Å². The second kappa shape index (κ2) is 3.06. The maximum Gasteiger partial charge on any atom is 0.268 e. The highest BCUT2D eigenvalue weighted by atomic mass is 16.3. The Kier molecular flexibility index (Phi) is 1.89. The van der Waals surface area contributed by atoms with E-state index in [0.29, 0.717) is 0 Å². The molecular formula is C10H10N2O2. The highest BCUT2D eigenvalue weighted by Crippen LogP contribution is 2.16. The molecule has 0 fully saturated rings. The van der Waals surface area contributed by atoms with Crippen molar-refractivity contribution in [3.8, 4) is 11.6 Å². The fourth-order valence-corrected chi connectivity index (χ4v) is 1.38. The number of aryl methyl sites for hydroxylation is 1. The molecule has 4 heteroatoms. The van der Waals surface area contributed by atoms with Crippen LogP contribution in [-0.4, -0.2) is 14.9 Å². The summed E-state index contributed by atoms with van der Waals surface area (Å²) in [6.45, 7) is 1.91. The third-order valence-corrected chi connectivity index (χ3v) is 2.07. The molecule has 0 amide bonds. The number of hydrogen-bond acceptors (Lipinski definition) is 2. The van der Waals surface area contributed by atoms with Gasteiger partial charge in [0.2, 0.25) is 5.88 Å². The Bertz CT molecular complexity index is 511. The predicted octanol–water partition coefficient (Wildman–Crippen LogP) is 1.18. The normalized spacial score (nSPS) is 10.4. The molecule has 14 heavy (non-hydrogen) atoms. The van der Waals surface area contributed by atoms with Gasteiger partial charge in [-0.1, -0.05) is 18.2 Å². The Morgan fingerprint density at radius 3 is 2.64 bits per heavy atom. The Balaban J connectivity index is 2.66. The summed E-state index contributed by atoms with van der Waals surface area (Å²) < 4.78 is 1.36. The van der Waals surface area contributed by atoms with Crippen LogP contribution in [0.25, 0.3) is 5.69 Å². The van der Waals surface area contributed by atoms with Crippen molar-refractivity contribution in [2.24, 2.45) is 0 Å². The Labute approximate surface area is 80.4 Å². The van der Waals surface area contributed by atoms with Gasteiger partial charge in [0.05, 0.1) is 11.8 Å². The van der Waals surface area contributed by atoms with E-state index in [1.54, 1.807) is 0 Å². The summed E-state index contributed by atoms with van der Waals surface area (Å²) in [5.41, 5.74) is 1.44. The fraction of sp³-hybridized carbons (Fsp3) is 0.100. The lowest BCUT2D eigenvalue weighted by atomic mass is 10.2. The van der Waals surface area contributed by atoms with Gasteiger partial charge in [-0.3, -0.25) is 9.89 Å². The number of nitrogens with one attached hydrogen (secondary N) is 1. The molecule has 1 aromatic heterocycles. The third-order valence-electron chi connectivity index (χ3n) is 2.07. The number of rotatable bonds is 1. The van der Waals surface area contributed by atoms with Gasteiger partial charge < -0.3 is 5.11 Å². The lowest BCUT2D eigenvalue weighted by Gasteiger charge is -2.06. The number of para-hydroxylation sites is 1. The minimum atomic E-state index is -0.314. The van der Waals surface area contributed by atoms with Gasteiger partial charge in [0.25, 0.3) is 5.56 Å². The van der Waals surface area contributed by atoms with E-state index < -0.39 is 0 Å². The lowest BCUT2D eigenvalue weighted by Crippen LogP contribution is -2.04. The van der Waals surface area contributed by atoms with Crippen LogP contribution in [0.2, 0.25) is 0 Å². The molecule has 0 aliphatic carbocycles.